The zero-order chi connectivity index (χ0) is 20.4. The second kappa shape index (κ2) is 8.20. The van der Waals surface area contributed by atoms with Crippen LogP contribution in [0.2, 0.25) is 0 Å². The molecule has 0 N–H and O–H groups in total. The van der Waals surface area contributed by atoms with Crippen LogP contribution < -0.4 is 5.63 Å². The fourth-order valence-electron chi connectivity index (χ4n) is 3.88. The Morgan fingerprint density at radius 1 is 0.828 bits per heavy atom. The Labute approximate surface area is 170 Å². The third kappa shape index (κ3) is 3.69. The zero-order valence-corrected chi connectivity index (χ0v) is 16.9. The molecule has 0 aliphatic carbocycles. The van der Waals surface area contributed by atoms with Crippen LogP contribution in [-0.2, 0) is 12.8 Å². The molecule has 0 amide bonds. The molecule has 3 heteroatoms. The van der Waals surface area contributed by atoms with Crippen molar-refractivity contribution in [3.8, 4) is 11.1 Å². The van der Waals surface area contributed by atoms with Gasteiger partial charge in [-0.1, -0.05) is 75.2 Å². The van der Waals surface area contributed by atoms with E-state index in [1.807, 2.05) is 30.3 Å². The number of hydrogen-bond donors (Lipinski definition) is 0. The van der Waals surface area contributed by atoms with Gasteiger partial charge in [0.2, 0.25) is 0 Å². The third-order valence-electron chi connectivity index (χ3n) is 5.65. The zero-order valence-electron chi connectivity index (χ0n) is 16.9. The molecule has 1 heterocycles. The molecule has 0 unspecified atom stereocenters. The molecule has 3 aromatic carbocycles. The maximum Gasteiger partial charge on any atom is 0.344 e. The van der Waals surface area contributed by atoms with Crippen LogP contribution in [-0.4, -0.2) is 0 Å². The Morgan fingerprint density at radius 3 is 2.28 bits per heavy atom. The second-order valence-electron chi connectivity index (χ2n) is 7.57. The van der Waals surface area contributed by atoms with Crippen LogP contribution in [0.1, 0.15) is 44.2 Å². The predicted octanol–water partition coefficient (Wildman–Crippen LogP) is 7.05. The van der Waals surface area contributed by atoms with E-state index in [2.05, 4.69) is 38.1 Å². The van der Waals surface area contributed by atoms with Crippen LogP contribution in [0.4, 0.5) is 4.39 Å². The minimum Gasteiger partial charge on any atom is -0.419 e. The summed E-state index contributed by atoms with van der Waals surface area (Å²) in [5, 5.41) is 1.85. The average molecular weight is 388 g/mol. The lowest BCUT2D eigenvalue weighted by molar-refractivity contribution is 0.522. The molecule has 4 rings (SSSR count). The van der Waals surface area contributed by atoms with Crippen LogP contribution in [0.5, 0.6) is 0 Å². The van der Waals surface area contributed by atoms with Gasteiger partial charge in [-0.3, -0.25) is 0 Å². The molecule has 0 bridgehead atoms. The summed E-state index contributed by atoms with van der Waals surface area (Å²) in [5.41, 5.74) is 3.44. The van der Waals surface area contributed by atoms with Crippen molar-refractivity contribution in [1.29, 1.82) is 0 Å². The molecule has 29 heavy (non-hydrogen) atoms. The predicted molar refractivity (Wildman–Crippen MR) is 118 cm³/mol. The van der Waals surface area contributed by atoms with E-state index in [9.17, 15) is 9.18 Å². The highest BCUT2D eigenvalue weighted by molar-refractivity contribution is 6.05. The Hall–Kier alpha value is -2.94. The number of benzene rings is 3. The molecule has 1 aromatic heterocycles. The summed E-state index contributed by atoms with van der Waals surface area (Å²) < 4.78 is 20.4. The summed E-state index contributed by atoms with van der Waals surface area (Å²) in [7, 11) is 0. The van der Waals surface area contributed by atoms with E-state index in [1.54, 1.807) is 0 Å². The van der Waals surface area contributed by atoms with Crippen LogP contribution in [0.15, 0.2) is 63.8 Å². The van der Waals surface area contributed by atoms with Crippen molar-refractivity contribution in [2.45, 2.75) is 46.0 Å². The van der Waals surface area contributed by atoms with Crippen molar-refractivity contribution in [3.05, 3.63) is 82.0 Å². The van der Waals surface area contributed by atoms with Gasteiger partial charge in [0.25, 0.3) is 0 Å². The summed E-state index contributed by atoms with van der Waals surface area (Å²) in [6.07, 6.45) is 4.71. The van der Waals surface area contributed by atoms with E-state index in [1.165, 1.54) is 5.56 Å². The number of halogens is 1. The van der Waals surface area contributed by atoms with Gasteiger partial charge in [0.05, 0.1) is 5.39 Å². The first-order valence-corrected chi connectivity index (χ1v) is 10.4. The standard InChI is InChI=1S/C26H25FO2/c1-3-5-6-7-19-12-15-22-21-14-13-20(18-10-8-17(4-2)9-11-18)16-23(21)26(28)29-25(22)24(19)27/h8-16H,3-7H2,1-2H3. The first-order valence-electron chi connectivity index (χ1n) is 10.4. The number of hydrogen-bond acceptors (Lipinski definition) is 2. The molecule has 0 fully saturated rings. The van der Waals surface area contributed by atoms with Gasteiger partial charge in [-0.25, -0.2) is 9.18 Å². The lowest BCUT2D eigenvalue weighted by Gasteiger charge is -2.09. The Balaban J connectivity index is 1.81. The minimum atomic E-state index is -0.496. The van der Waals surface area contributed by atoms with Gasteiger partial charge in [-0.15, -0.1) is 0 Å². The van der Waals surface area contributed by atoms with Gasteiger partial charge in [-0.05, 0) is 47.6 Å². The first kappa shape index (κ1) is 19.4. The maximum atomic E-state index is 15.0. The minimum absolute atomic E-state index is 0.0662. The largest absolute Gasteiger partial charge is 0.419 e. The van der Waals surface area contributed by atoms with Gasteiger partial charge >= 0.3 is 5.63 Å². The van der Waals surface area contributed by atoms with E-state index in [-0.39, 0.29) is 5.58 Å². The molecule has 0 spiro atoms. The van der Waals surface area contributed by atoms with Gasteiger partial charge in [-0.2, -0.15) is 0 Å². The average Bonchev–Trinajstić information content (AvgIpc) is 2.76. The van der Waals surface area contributed by atoms with Crippen molar-refractivity contribution < 1.29 is 8.81 Å². The van der Waals surface area contributed by atoms with Crippen molar-refractivity contribution in [2.75, 3.05) is 0 Å². The van der Waals surface area contributed by atoms with Crippen LogP contribution >= 0.6 is 0 Å². The molecule has 0 aliphatic rings. The molecule has 0 atom stereocenters. The first-order chi connectivity index (χ1) is 14.1. The number of aryl methyl sites for hydroxylation is 2. The smallest absolute Gasteiger partial charge is 0.344 e. The highest BCUT2D eigenvalue weighted by Gasteiger charge is 2.15. The summed E-state index contributed by atoms with van der Waals surface area (Å²) in [6.45, 7) is 4.24. The summed E-state index contributed by atoms with van der Waals surface area (Å²) in [5.74, 6) is -0.406. The monoisotopic (exact) mass is 388 g/mol. The number of unbranched alkanes of at least 4 members (excludes halogenated alkanes) is 2. The number of rotatable bonds is 6. The topological polar surface area (TPSA) is 30.2 Å². The normalized spacial score (nSPS) is 11.4. The third-order valence-corrected chi connectivity index (χ3v) is 5.65. The van der Waals surface area contributed by atoms with Gasteiger partial charge < -0.3 is 4.42 Å². The summed E-state index contributed by atoms with van der Waals surface area (Å²) in [4.78, 5) is 12.7. The van der Waals surface area contributed by atoms with Gasteiger partial charge in [0, 0.05) is 10.8 Å². The van der Waals surface area contributed by atoms with Crippen molar-refractivity contribution in [3.63, 3.8) is 0 Å². The van der Waals surface area contributed by atoms with Crippen LogP contribution in [0, 0.1) is 5.82 Å². The van der Waals surface area contributed by atoms with Gasteiger partial charge in [0.15, 0.2) is 11.4 Å². The van der Waals surface area contributed by atoms with E-state index in [0.717, 1.165) is 42.2 Å². The molecule has 0 radical (unpaired) electrons. The molecule has 0 saturated heterocycles. The van der Waals surface area contributed by atoms with E-state index in [4.69, 9.17) is 4.42 Å². The molecular weight excluding hydrogens is 363 g/mol. The SMILES string of the molecule is CCCCCc1ccc2c(oc(=O)c3cc(-c4ccc(CC)cc4)ccc32)c1F. The lowest BCUT2D eigenvalue weighted by atomic mass is 9.98. The summed E-state index contributed by atoms with van der Waals surface area (Å²) >= 11 is 0. The van der Waals surface area contributed by atoms with Crippen molar-refractivity contribution in [2.24, 2.45) is 0 Å². The highest BCUT2D eigenvalue weighted by atomic mass is 19.1. The van der Waals surface area contributed by atoms with Crippen molar-refractivity contribution >= 4 is 21.7 Å². The Kier molecular flexibility index (Phi) is 5.48. The highest BCUT2D eigenvalue weighted by Crippen LogP contribution is 2.30. The molecular formula is C26H25FO2. The maximum absolute atomic E-state index is 15.0. The Morgan fingerprint density at radius 2 is 1.55 bits per heavy atom. The second-order valence-corrected chi connectivity index (χ2v) is 7.57. The van der Waals surface area contributed by atoms with Crippen molar-refractivity contribution in [1.82, 2.24) is 0 Å². The van der Waals surface area contributed by atoms with Gasteiger partial charge in [0.1, 0.15) is 0 Å². The van der Waals surface area contributed by atoms with E-state index in [0.29, 0.717) is 22.8 Å². The van der Waals surface area contributed by atoms with E-state index >= 15 is 0 Å². The molecule has 2 nitrogen and oxygen atoms in total. The molecule has 4 aromatic rings. The molecule has 0 saturated carbocycles. The lowest BCUT2D eigenvalue weighted by Crippen LogP contribution is -2.02. The summed E-state index contributed by atoms with van der Waals surface area (Å²) in [6, 6.07) is 17.7. The number of fused-ring (bicyclic) bond motifs is 3. The fourth-order valence-corrected chi connectivity index (χ4v) is 3.88. The van der Waals surface area contributed by atoms with E-state index < -0.39 is 11.4 Å². The molecule has 148 valence electrons. The van der Waals surface area contributed by atoms with Crippen LogP contribution in [0.3, 0.4) is 0 Å². The Bertz CT molecular complexity index is 1220. The quantitative estimate of drug-likeness (QED) is 0.201. The molecule has 0 aliphatic heterocycles. The van der Waals surface area contributed by atoms with Crippen LogP contribution in [0.25, 0.3) is 32.9 Å². The fraction of sp³-hybridized carbons (Fsp3) is 0.269.